The van der Waals surface area contributed by atoms with Gasteiger partial charge in [0.25, 0.3) is 0 Å². The fourth-order valence-corrected chi connectivity index (χ4v) is 2.94. The van der Waals surface area contributed by atoms with E-state index in [2.05, 4.69) is 0 Å². The van der Waals surface area contributed by atoms with Crippen LogP contribution in [0.2, 0.25) is 0 Å². The second-order valence-electron chi connectivity index (χ2n) is 7.94. The summed E-state index contributed by atoms with van der Waals surface area (Å²) < 4.78 is 15.7. The molecule has 0 aliphatic rings. The molecule has 0 aromatic carbocycles. The largest absolute Gasteiger partial charge is 0.443 e. The van der Waals surface area contributed by atoms with E-state index in [9.17, 15) is 40.9 Å². The summed E-state index contributed by atoms with van der Waals surface area (Å²) in [6.45, 7) is -0.857. The number of rotatable bonds is 23. The summed E-state index contributed by atoms with van der Waals surface area (Å²) in [6, 6.07) is 0. The molecule has 0 aromatic heterocycles. The third-order valence-corrected chi connectivity index (χ3v) is 5.09. The highest BCUT2D eigenvalue weighted by Gasteiger charge is 2.34. The first-order chi connectivity index (χ1) is 16.6. The van der Waals surface area contributed by atoms with Gasteiger partial charge in [-0.15, -0.1) is 0 Å². The summed E-state index contributed by atoms with van der Waals surface area (Å²) >= 11 is 0. The van der Waals surface area contributed by atoms with E-state index in [-0.39, 0.29) is 52.7 Å². The van der Waals surface area contributed by atoms with Crippen LogP contribution in [0.5, 0.6) is 0 Å². The van der Waals surface area contributed by atoms with Gasteiger partial charge < -0.3 is 70.4 Å². The minimum Gasteiger partial charge on any atom is -0.443 e. The monoisotopic (exact) mass is 522 g/mol. The van der Waals surface area contributed by atoms with Crippen LogP contribution in [-0.2, 0) is 14.2 Å². The van der Waals surface area contributed by atoms with Gasteiger partial charge in [-0.25, -0.2) is 0 Å². The van der Waals surface area contributed by atoms with E-state index in [4.69, 9.17) is 29.5 Å². The van der Waals surface area contributed by atoms with E-state index in [1.165, 1.54) is 4.90 Å². The summed E-state index contributed by atoms with van der Waals surface area (Å²) in [4.78, 5) is 1.35. The standard InChI is InChI=1S/C20H43NO14/c22-2-4-34-6-8-35-7-5-33-3-1-21(9-13(25)17(29)19(31)15(27)11-23)10-14(26)18(30)20(32)16(28)12-24/h13-20,22-32H,1-12H2/p+1/t13-,14-,15+,16+,17+,18+,19+,20+/m0/s1. The fourth-order valence-electron chi connectivity index (χ4n) is 2.94. The third-order valence-electron chi connectivity index (χ3n) is 5.09. The molecule has 0 aliphatic carbocycles. The van der Waals surface area contributed by atoms with Gasteiger partial charge in [-0.05, 0) is 0 Å². The Bertz CT molecular complexity index is 463. The van der Waals surface area contributed by atoms with Crippen molar-refractivity contribution in [2.24, 2.45) is 0 Å². The second-order valence-corrected chi connectivity index (χ2v) is 7.94. The minimum atomic E-state index is -1.85. The maximum Gasteiger partial charge on any atom is 0.172 e. The molecule has 212 valence electrons. The summed E-state index contributed by atoms with van der Waals surface area (Å²) in [5.74, 6) is 0. The van der Waals surface area contributed by atoms with Crippen LogP contribution < -0.4 is 0 Å². The maximum absolute atomic E-state index is 10.3. The summed E-state index contributed by atoms with van der Waals surface area (Å²) in [5, 5.41) is 104. The molecule has 0 rings (SSSR count). The van der Waals surface area contributed by atoms with Gasteiger partial charge in [-0.3, -0.25) is 4.90 Å². The molecular weight excluding hydrogens is 478 g/mol. The molecule has 0 amide bonds. The molecule has 0 unspecified atom stereocenters. The zero-order valence-electron chi connectivity index (χ0n) is 19.7. The quantitative estimate of drug-likeness (QED) is 0.0442. The van der Waals surface area contributed by atoms with Crippen LogP contribution in [-0.4, -0.2) is 189 Å². The first kappa shape index (κ1) is 34.4. The third kappa shape index (κ3) is 14.7. The predicted molar refractivity (Wildman–Crippen MR) is 120 cm³/mol. The molecule has 0 bridgehead atoms. The highest BCUT2D eigenvalue weighted by atomic mass is 16.5. The van der Waals surface area contributed by atoms with Crippen molar-refractivity contribution in [3.05, 3.63) is 0 Å². The molecular formula is C20H44NO14+. The summed E-state index contributed by atoms with van der Waals surface area (Å²) in [7, 11) is 0. The van der Waals surface area contributed by atoms with Crippen molar-refractivity contribution in [2.45, 2.75) is 48.8 Å². The second kappa shape index (κ2) is 20.5. The van der Waals surface area contributed by atoms with Crippen LogP contribution in [0.3, 0.4) is 0 Å². The molecule has 0 spiro atoms. The Hall–Kier alpha value is -0.600. The van der Waals surface area contributed by atoms with Crippen molar-refractivity contribution in [3.8, 4) is 0 Å². The highest BCUT2D eigenvalue weighted by molar-refractivity contribution is 4.86. The first-order valence-electron chi connectivity index (χ1n) is 11.4. The van der Waals surface area contributed by atoms with Crippen molar-refractivity contribution < 1.29 is 70.4 Å². The zero-order chi connectivity index (χ0) is 26.8. The number of hydrogen-bond donors (Lipinski definition) is 10. The van der Waals surface area contributed by atoms with Gasteiger partial charge in [0, 0.05) is 19.6 Å². The molecule has 15 nitrogen and oxygen atoms in total. The Balaban J connectivity index is 4.79. The molecule has 0 heterocycles. The number of aliphatic hydroxyl groups is 10. The van der Waals surface area contributed by atoms with Gasteiger partial charge in [0.15, 0.2) is 12.7 Å². The van der Waals surface area contributed by atoms with Crippen molar-refractivity contribution in [1.29, 1.82) is 0 Å². The summed E-state index contributed by atoms with van der Waals surface area (Å²) in [5.41, 5.74) is 0. The van der Waals surface area contributed by atoms with Crippen LogP contribution in [0.15, 0.2) is 0 Å². The lowest BCUT2D eigenvalue weighted by Crippen LogP contribution is -2.53. The van der Waals surface area contributed by atoms with Gasteiger partial charge in [0.05, 0.1) is 65.1 Å². The van der Waals surface area contributed by atoms with Gasteiger partial charge in [-0.1, -0.05) is 0 Å². The molecule has 0 aromatic rings. The number of hydrogen-bond acceptors (Lipinski definition) is 14. The van der Waals surface area contributed by atoms with Gasteiger partial charge in [0.1, 0.15) is 30.5 Å². The molecule has 0 saturated carbocycles. The SMILES string of the molecule is OCCOCCOCCOCCN(C[C@H](O)[C@@H](O)[C@H](O)[C@H](O)CO)C[C@H](O)[C@@H](O)[C@H](O)[C@H](O)C[OH2+]. The van der Waals surface area contributed by atoms with E-state index in [1.54, 1.807) is 0 Å². The first-order valence-corrected chi connectivity index (χ1v) is 11.4. The van der Waals surface area contributed by atoms with Crippen molar-refractivity contribution in [1.82, 2.24) is 4.90 Å². The maximum atomic E-state index is 10.3. The van der Waals surface area contributed by atoms with E-state index < -0.39 is 62.0 Å². The molecule has 0 aliphatic heterocycles. The molecule has 35 heavy (non-hydrogen) atoms. The Kier molecular flexibility index (Phi) is 20.1. The smallest absolute Gasteiger partial charge is 0.172 e. The molecule has 15 heteroatoms. The van der Waals surface area contributed by atoms with Crippen LogP contribution in [0.25, 0.3) is 0 Å². The highest BCUT2D eigenvalue weighted by Crippen LogP contribution is 2.10. The number of nitrogens with zero attached hydrogens (tertiary/aromatic N) is 1. The normalized spacial score (nSPS) is 19.2. The molecule has 8 atom stereocenters. The van der Waals surface area contributed by atoms with E-state index >= 15 is 0 Å². The zero-order valence-corrected chi connectivity index (χ0v) is 19.7. The van der Waals surface area contributed by atoms with E-state index in [0.717, 1.165) is 0 Å². The molecule has 12 N–H and O–H groups in total. The Labute approximate surface area is 204 Å². The van der Waals surface area contributed by atoms with E-state index in [0.29, 0.717) is 13.2 Å². The van der Waals surface area contributed by atoms with Crippen LogP contribution in [0, 0.1) is 0 Å². The Morgan fingerprint density at radius 3 is 1.37 bits per heavy atom. The predicted octanol–water partition coefficient (Wildman–Crippen LogP) is -7.07. The molecule has 0 fully saturated rings. The van der Waals surface area contributed by atoms with Gasteiger partial charge in [0.2, 0.25) is 0 Å². The minimum absolute atomic E-state index is 0.0584. The van der Waals surface area contributed by atoms with Crippen LogP contribution in [0.1, 0.15) is 0 Å². The van der Waals surface area contributed by atoms with Gasteiger partial charge >= 0.3 is 0 Å². The van der Waals surface area contributed by atoms with Crippen molar-refractivity contribution >= 4 is 0 Å². The Morgan fingerprint density at radius 1 is 0.543 bits per heavy atom. The molecule has 0 radical (unpaired) electrons. The number of ether oxygens (including phenoxy) is 3. The van der Waals surface area contributed by atoms with Crippen LogP contribution >= 0.6 is 0 Å². The van der Waals surface area contributed by atoms with E-state index in [1.807, 2.05) is 0 Å². The lowest BCUT2D eigenvalue weighted by atomic mass is 10.0. The average molecular weight is 523 g/mol. The van der Waals surface area contributed by atoms with Crippen LogP contribution in [0.4, 0.5) is 0 Å². The topological polar surface area (TPSA) is 256 Å². The lowest BCUT2D eigenvalue weighted by molar-refractivity contribution is -0.131. The lowest BCUT2D eigenvalue weighted by Gasteiger charge is -2.33. The Morgan fingerprint density at radius 2 is 0.943 bits per heavy atom. The van der Waals surface area contributed by atoms with Gasteiger partial charge in [-0.2, -0.15) is 0 Å². The van der Waals surface area contributed by atoms with Crippen molar-refractivity contribution in [2.75, 3.05) is 79.1 Å². The summed E-state index contributed by atoms with van der Waals surface area (Å²) in [6.07, 6.45) is -13.9. The van der Waals surface area contributed by atoms with Crippen molar-refractivity contribution in [3.63, 3.8) is 0 Å². The fraction of sp³-hybridized carbons (Fsp3) is 1.00. The average Bonchev–Trinajstić information content (AvgIpc) is 2.86. The molecule has 0 saturated heterocycles. The number of aliphatic hydroxyl groups excluding tert-OH is 10.